The Morgan fingerprint density at radius 1 is 0.483 bits per heavy atom. The van der Waals surface area contributed by atoms with Gasteiger partial charge in [0, 0.05) is 70.5 Å². The van der Waals surface area contributed by atoms with Crippen molar-refractivity contribution in [2.75, 3.05) is 64.0 Å². The normalized spacial score (nSPS) is 14.5. The molecule has 0 saturated heterocycles. The van der Waals surface area contributed by atoms with E-state index in [1.165, 1.54) is 64.0 Å². The molecule has 0 aliphatic rings. The summed E-state index contributed by atoms with van der Waals surface area (Å²) in [7, 11) is -1.55. The van der Waals surface area contributed by atoms with Crippen LogP contribution in [-0.4, -0.2) is 105 Å². The minimum absolute atomic E-state index is 1.13. The van der Waals surface area contributed by atoms with E-state index in [1.807, 2.05) is 0 Å². The maximum atomic E-state index is 6.36. The van der Waals surface area contributed by atoms with Crippen molar-refractivity contribution in [3.8, 4) is 0 Å². The zero-order chi connectivity index (χ0) is 23.0. The van der Waals surface area contributed by atoms with Gasteiger partial charge in [-0.1, -0.05) is 0 Å². The highest BCUT2D eigenvalue weighted by atomic mass is 28.5. The van der Waals surface area contributed by atoms with Crippen LogP contribution < -0.4 is 0 Å². The zero-order valence-corrected chi connectivity index (χ0v) is 23.4. The molecule has 12 nitrogen and oxygen atoms in total. The molecule has 0 heterocycles. The van der Waals surface area contributed by atoms with E-state index in [2.05, 4.69) is 0 Å². The predicted molar refractivity (Wildman–Crippen MR) is 109 cm³/mol. The second kappa shape index (κ2) is 11.9. The van der Waals surface area contributed by atoms with Gasteiger partial charge in [0.25, 0.3) is 0 Å². The van der Waals surface area contributed by atoms with E-state index in [0.717, 1.165) is 0 Å². The summed E-state index contributed by atoms with van der Waals surface area (Å²) in [4.78, 5) is 0. The fourth-order valence-electron chi connectivity index (χ4n) is 2.78. The van der Waals surface area contributed by atoms with Gasteiger partial charge in [-0.2, -0.15) is 0 Å². The van der Waals surface area contributed by atoms with Crippen molar-refractivity contribution in [3.05, 3.63) is 0 Å². The van der Waals surface area contributed by atoms with Gasteiger partial charge in [0.2, 0.25) is 0 Å². The Morgan fingerprint density at radius 2 is 0.759 bits per heavy atom. The minimum Gasteiger partial charge on any atom is -0.375 e. The van der Waals surface area contributed by atoms with Crippen LogP contribution in [-0.2, 0) is 52.5 Å². The monoisotopic (exact) mass is 496 g/mol. The molecule has 16 heteroatoms. The lowest BCUT2D eigenvalue weighted by molar-refractivity contribution is -0.0458. The van der Waals surface area contributed by atoms with E-state index < -0.39 is 40.9 Å². The van der Waals surface area contributed by atoms with Gasteiger partial charge in [-0.3, -0.25) is 0 Å². The predicted octanol–water partition coefficient (Wildman–Crippen LogP) is 0.550. The highest BCUT2D eigenvalue weighted by Gasteiger charge is 2.65. The summed E-state index contributed by atoms with van der Waals surface area (Å²) in [5.41, 5.74) is 0. The molecular weight excluding hydrogens is 460 g/mol. The van der Waals surface area contributed by atoms with Gasteiger partial charge in [-0.25, -0.2) is 0 Å². The molecule has 0 fully saturated rings. The average Bonchev–Trinajstić information content (AvgIpc) is 2.71. The summed E-state index contributed by atoms with van der Waals surface area (Å²) in [5.74, 6) is 0. The molecule has 0 aliphatic carbocycles. The second-order valence-electron chi connectivity index (χ2n) is 6.07. The highest BCUT2D eigenvalue weighted by Crippen LogP contribution is 2.33. The molecule has 29 heavy (non-hydrogen) atoms. The summed E-state index contributed by atoms with van der Waals surface area (Å²) >= 11 is 0. The van der Waals surface area contributed by atoms with Gasteiger partial charge >= 0.3 is 35.7 Å². The van der Waals surface area contributed by atoms with E-state index in [0.29, 0.717) is 0 Å². The molecule has 0 aliphatic heterocycles. The third-order valence-corrected chi connectivity index (χ3v) is 16.3. The van der Waals surface area contributed by atoms with Crippen LogP contribution >= 0.6 is 0 Å². The standard InChI is InChI=1S/C13H36O12Si4/c1-13(2,27(14-3,15-4)16-5)23-26(12,24-28(17-6,18-7)19-8)25-29(20-9,21-10)22-11/h1-12H3. The number of hydrogen-bond donors (Lipinski definition) is 0. The van der Waals surface area contributed by atoms with Crippen molar-refractivity contribution >= 4 is 35.7 Å². The van der Waals surface area contributed by atoms with Crippen LogP contribution in [0.5, 0.6) is 0 Å². The average molecular weight is 497 g/mol. The molecule has 0 aromatic heterocycles. The lowest BCUT2D eigenvalue weighted by Crippen LogP contribution is -2.70. The van der Waals surface area contributed by atoms with Crippen LogP contribution in [0.1, 0.15) is 13.8 Å². The lowest BCUT2D eigenvalue weighted by Gasteiger charge is -2.44. The molecule has 0 bridgehead atoms. The van der Waals surface area contributed by atoms with Gasteiger partial charge in [0.05, 0.1) is 0 Å². The number of hydrogen-bond acceptors (Lipinski definition) is 12. The lowest BCUT2D eigenvalue weighted by atomic mass is 10.5. The first kappa shape index (κ1) is 29.4. The topological polar surface area (TPSA) is 111 Å². The molecule has 0 N–H and O–H groups in total. The largest absolute Gasteiger partial charge is 0.671 e. The van der Waals surface area contributed by atoms with Gasteiger partial charge in [0.1, 0.15) is 5.22 Å². The van der Waals surface area contributed by atoms with Crippen molar-refractivity contribution in [2.45, 2.75) is 25.6 Å². The van der Waals surface area contributed by atoms with Gasteiger partial charge in [0.15, 0.2) is 0 Å². The molecule has 0 aromatic rings. The van der Waals surface area contributed by atoms with Crippen molar-refractivity contribution in [3.63, 3.8) is 0 Å². The Morgan fingerprint density at radius 3 is 0.966 bits per heavy atom. The van der Waals surface area contributed by atoms with Crippen molar-refractivity contribution in [1.29, 1.82) is 0 Å². The first-order valence-electron chi connectivity index (χ1n) is 8.49. The molecule has 0 saturated carbocycles. The van der Waals surface area contributed by atoms with Crippen molar-refractivity contribution in [2.24, 2.45) is 0 Å². The third kappa shape index (κ3) is 6.68. The van der Waals surface area contributed by atoms with Gasteiger partial charge in [-0.15, -0.1) is 0 Å². The Hall–Kier alpha value is 0.388. The molecule has 0 amide bonds. The van der Waals surface area contributed by atoms with E-state index in [9.17, 15) is 0 Å². The quantitative estimate of drug-likeness (QED) is 0.278. The Kier molecular flexibility index (Phi) is 12.0. The summed E-state index contributed by atoms with van der Waals surface area (Å²) in [6.07, 6.45) is 0. The van der Waals surface area contributed by atoms with Crippen LogP contribution in [0, 0.1) is 0 Å². The molecule has 0 aromatic carbocycles. The van der Waals surface area contributed by atoms with Crippen LogP contribution in [0.15, 0.2) is 0 Å². The summed E-state index contributed by atoms with van der Waals surface area (Å²) in [6, 6.07) is 0. The molecule has 0 spiro atoms. The highest BCUT2D eigenvalue weighted by molar-refractivity contribution is 6.78. The molecule has 0 radical (unpaired) electrons. The van der Waals surface area contributed by atoms with E-state index in [1.54, 1.807) is 20.4 Å². The number of rotatable bonds is 16. The SMILES string of the molecule is CO[Si](OC)(OC)O[Si](C)(OC(C)(C)[Si](OC)(OC)OC)O[Si](OC)(OC)OC. The van der Waals surface area contributed by atoms with Crippen LogP contribution in [0.25, 0.3) is 0 Å². The molecular formula is C13H36O12Si4. The van der Waals surface area contributed by atoms with E-state index in [-0.39, 0.29) is 0 Å². The van der Waals surface area contributed by atoms with Crippen LogP contribution in [0.4, 0.5) is 0 Å². The van der Waals surface area contributed by atoms with Crippen molar-refractivity contribution < 1.29 is 52.5 Å². The fourth-order valence-corrected chi connectivity index (χ4v) is 14.2. The zero-order valence-electron chi connectivity index (χ0n) is 19.4. The summed E-state index contributed by atoms with van der Waals surface area (Å²) in [5, 5.41) is -1.13. The Labute approximate surface area is 178 Å². The van der Waals surface area contributed by atoms with E-state index >= 15 is 0 Å². The maximum Gasteiger partial charge on any atom is 0.671 e. The molecule has 0 unspecified atom stereocenters. The molecule has 176 valence electrons. The first-order valence-corrected chi connectivity index (χ1v) is 15.7. The Balaban J connectivity index is 6.29. The van der Waals surface area contributed by atoms with Gasteiger partial charge < -0.3 is 52.5 Å². The fraction of sp³-hybridized carbons (Fsp3) is 1.00. The van der Waals surface area contributed by atoms with Crippen LogP contribution in [0.3, 0.4) is 0 Å². The van der Waals surface area contributed by atoms with E-state index in [4.69, 9.17) is 52.5 Å². The summed E-state index contributed by atoms with van der Waals surface area (Å²) < 4.78 is 67.6. The first-order chi connectivity index (χ1) is 13.4. The molecule has 0 atom stereocenters. The van der Waals surface area contributed by atoms with Crippen molar-refractivity contribution in [1.82, 2.24) is 0 Å². The second-order valence-corrected chi connectivity index (χ2v) is 17.6. The molecule has 0 rings (SSSR count). The summed E-state index contributed by atoms with van der Waals surface area (Å²) in [6.45, 7) is 5.07. The Bertz CT molecular complexity index is 424. The van der Waals surface area contributed by atoms with Gasteiger partial charge in [-0.05, 0) is 13.8 Å². The smallest absolute Gasteiger partial charge is 0.375 e. The minimum atomic E-state index is -3.77. The van der Waals surface area contributed by atoms with Crippen LogP contribution in [0.2, 0.25) is 6.55 Å². The maximum absolute atomic E-state index is 6.36. The third-order valence-electron chi connectivity index (χ3n) is 4.10.